The molecule has 37 heavy (non-hydrogen) atoms. The van der Waals surface area contributed by atoms with E-state index in [0.29, 0.717) is 34.6 Å². The number of benzene rings is 3. The molecule has 4 aromatic rings. The summed E-state index contributed by atoms with van der Waals surface area (Å²) >= 11 is 0. The maximum absolute atomic E-state index is 12.6. The molecule has 192 valence electrons. The van der Waals surface area contributed by atoms with Crippen molar-refractivity contribution in [2.75, 3.05) is 19.8 Å². The Bertz CT molecular complexity index is 1400. The zero-order valence-corrected chi connectivity index (χ0v) is 21.3. The minimum absolute atomic E-state index is 0.121. The standard InChI is InChI=1S/C29H32N4O4/c1-4-5-11-25-31-26-23(30)16-21(28(34)32(2)3)17-24(26)33(25)18-19-12-14-22(15-13-19)37-27(29(35)36)20-9-7-6-8-10-20/h6-10,12-17,27H,4-5,11,18,30H2,1-3H3,(H,35,36). The van der Waals surface area contributed by atoms with Gasteiger partial charge in [-0.25, -0.2) is 9.78 Å². The van der Waals surface area contributed by atoms with Gasteiger partial charge in [0.2, 0.25) is 6.10 Å². The van der Waals surface area contributed by atoms with E-state index in [1.807, 2.05) is 24.3 Å². The van der Waals surface area contributed by atoms with Gasteiger partial charge >= 0.3 is 5.97 Å². The predicted molar refractivity (Wildman–Crippen MR) is 144 cm³/mol. The van der Waals surface area contributed by atoms with Crippen molar-refractivity contribution in [2.45, 2.75) is 38.8 Å². The monoisotopic (exact) mass is 500 g/mol. The molecule has 0 aliphatic carbocycles. The lowest BCUT2D eigenvalue weighted by Gasteiger charge is -2.16. The average molecular weight is 501 g/mol. The number of carbonyl (C=O) groups excluding carboxylic acids is 1. The van der Waals surface area contributed by atoms with Crippen LogP contribution in [0.2, 0.25) is 0 Å². The Kier molecular flexibility index (Phi) is 7.77. The highest BCUT2D eigenvalue weighted by Crippen LogP contribution is 2.28. The van der Waals surface area contributed by atoms with Crippen LogP contribution >= 0.6 is 0 Å². The second-order valence-electron chi connectivity index (χ2n) is 9.24. The third-order valence-corrected chi connectivity index (χ3v) is 6.21. The van der Waals surface area contributed by atoms with Crippen molar-refractivity contribution in [1.82, 2.24) is 14.5 Å². The largest absolute Gasteiger partial charge is 0.478 e. The fourth-order valence-corrected chi connectivity index (χ4v) is 4.26. The lowest BCUT2D eigenvalue weighted by Crippen LogP contribution is -2.21. The van der Waals surface area contributed by atoms with E-state index in [-0.39, 0.29) is 5.91 Å². The first-order chi connectivity index (χ1) is 17.8. The molecule has 0 aliphatic heterocycles. The molecule has 3 aromatic carbocycles. The summed E-state index contributed by atoms with van der Waals surface area (Å²) in [5.74, 6) is 0.198. The summed E-state index contributed by atoms with van der Waals surface area (Å²) < 4.78 is 7.91. The van der Waals surface area contributed by atoms with Gasteiger partial charge in [-0.15, -0.1) is 0 Å². The number of hydrogen-bond donors (Lipinski definition) is 2. The highest BCUT2D eigenvalue weighted by atomic mass is 16.5. The van der Waals surface area contributed by atoms with Gasteiger partial charge in [0.1, 0.15) is 17.1 Å². The number of amides is 1. The molecule has 1 aromatic heterocycles. The number of aliphatic carboxylic acids is 1. The van der Waals surface area contributed by atoms with Gasteiger partial charge in [0.25, 0.3) is 5.91 Å². The molecule has 1 heterocycles. The molecule has 1 unspecified atom stereocenters. The quantitative estimate of drug-likeness (QED) is 0.299. The highest BCUT2D eigenvalue weighted by Gasteiger charge is 2.22. The van der Waals surface area contributed by atoms with Crippen LogP contribution in [0.4, 0.5) is 5.69 Å². The minimum atomic E-state index is -1.10. The van der Waals surface area contributed by atoms with E-state index in [2.05, 4.69) is 11.5 Å². The Balaban J connectivity index is 1.65. The molecule has 1 atom stereocenters. The zero-order valence-electron chi connectivity index (χ0n) is 21.3. The number of nitrogens with two attached hydrogens (primary N) is 1. The van der Waals surface area contributed by atoms with Crippen LogP contribution in [0.5, 0.6) is 5.75 Å². The number of carboxylic acid groups (broad SMARTS) is 1. The molecular weight excluding hydrogens is 468 g/mol. The molecule has 0 fully saturated rings. The first-order valence-corrected chi connectivity index (χ1v) is 12.3. The number of aryl methyl sites for hydroxylation is 1. The van der Waals surface area contributed by atoms with Crippen molar-refractivity contribution in [1.29, 1.82) is 0 Å². The topological polar surface area (TPSA) is 111 Å². The fraction of sp³-hybridized carbons (Fsp3) is 0.276. The van der Waals surface area contributed by atoms with Crippen molar-refractivity contribution in [3.05, 3.63) is 89.2 Å². The molecular formula is C29H32N4O4. The summed E-state index contributed by atoms with van der Waals surface area (Å²) in [5, 5.41) is 9.66. The van der Waals surface area contributed by atoms with E-state index in [4.69, 9.17) is 15.5 Å². The Morgan fingerprint density at radius 2 is 1.78 bits per heavy atom. The molecule has 0 bridgehead atoms. The van der Waals surface area contributed by atoms with E-state index in [0.717, 1.165) is 36.2 Å². The fourth-order valence-electron chi connectivity index (χ4n) is 4.26. The van der Waals surface area contributed by atoms with Crippen LogP contribution in [0, 0.1) is 0 Å². The van der Waals surface area contributed by atoms with Gasteiger partial charge in [-0.2, -0.15) is 0 Å². The van der Waals surface area contributed by atoms with Crippen LogP contribution in [0.15, 0.2) is 66.7 Å². The molecule has 8 heteroatoms. The lowest BCUT2D eigenvalue weighted by atomic mass is 10.1. The first-order valence-electron chi connectivity index (χ1n) is 12.3. The summed E-state index contributed by atoms with van der Waals surface area (Å²) in [6.07, 6.45) is 1.71. The van der Waals surface area contributed by atoms with Gasteiger partial charge in [-0.05, 0) is 36.2 Å². The van der Waals surface area contributed by atoms with Gasteiger partial charge in [0.05, 0.1) is 11.2 Å². The second kappa shape index (κ2) is 11.2. The first kappa shape index (κ1) is 25.8. The molecule has 1 amide bonds. The molecule has 0 spiro atoms. The maximum atomic E-state index is 12.6. The lowest BCUT2D eigenvalue weighted by molar-refractivity contribution is -0.145. The second-order valence-corrected chi connectivity index (χ2v) is 9.24. The summed E-state index contributed by atoms with van der Waals surface area (Å²) in [5.41, 5.74) is 10.4. The van der Waals surface area contributed by atoms with Gasteiger partial charge in [0.15, 0.2) is 0 Å². The smallest absolute Gasteiger partial charge is 0.349 e. The van der Waals surface area contributed by atoms with Crippen molar-refractivity contribution in [3.8, 4) is 5.75 Å². The molecule has 0 saturated heterocycles. The van der Waals surface area contributed by atoms with Crippen LogP contribution in [-0.4, -0.2) is 45.5 Å². The number of carboxylic acids is 1. The molecule has 4 rings (SSSR count). The molecule has 8 nitrogen and oxygen atoms in total. The van der Waals surface area contributed by atoms with Crippen molar-refractivity contribution < 1.29 is 19.4 Å². The number of ether oxygens (including phenoxy) is 1. The number of fused-ring (bicyclic) bond motifs is 1. The predicted octanol–water partition coefficient (Wildman–Crippen LogP) is 4.92. The Morgan fingerprint density at radius 3 is 2.41 bits per heavy atom. The van der Waals surface area contributed by atoms with Crippen LogP contribution in [-0.2, 0) is 17.8 Å². The Morgan fingerprint density at radius 1 is 1.08 bits per heavy atom. The molecule has 0 aliphatic rings. The van der Waals surface area contributed by atoms with E-state index in [9.17, 15) is 14.7 Å². The van der Waals surface area contributed by atoms with Gasteiger partial charge in [-0.3, -0.25) is 4.79 Å². The maximum Gasteiger partial charge on any atom is 0.349 e. The number of hydrogen-bond acceptors (Lipinski definition) is 5. The number of nitrogen functional groups attached to an aromatic ring is 1. The summed E-state index contributed by atoms with van der Waals surface area (Å²) in [6.45, 7) is 2.66. The Hall–Kier alpha value is -4.33. The van der Waals surface area contributed by atoms with Crippen LogP contribution in [0.3, 0.4) is 0 Å². The zero-order chi connectivity index (χ0) is 26.5. The van der Waals surface area contributed by atoms with Crippen molar-refractivity contribution in [3.63, 3.8) is 0 Å². The third-order valence-electron chi connectivity index (χ3n) is 6.21. The number of anilines is 1. The number of rotatable bonds is 10. The van der Waals surface area contributed by atoms with Crippen LogP contribution in [0.1, 0.15) is 53.2 Å². The normalized spacial score (nSPS) is 11.9. The molecule has 3 N–H and O–H groups in total. The van der Waals surface area contributed by atoms with E-state index >= 15 is 0 Å². The van der Waals surface area contributed by atoms with E-state index in [1.54, 1.807) is 56.6 Å². The molecule has 0 radical (unpaired) electrons. The number of aromatic nitrogens is 2. The molecule has 0 saturated carbocycles. The van der Waals surface area contributed by atoms with Crippen LogP contribution < -0.4 is 10.5 Å². The Labute approximate surface area is 216 Å². The van der Waals surface area contributed by atoms with E-state index < -0.39 is 12.1 Å². The number of nitrogens with zero attached hydrogens (tertiary/aromatic N) is 3. The van der Waals surface area contributed by atoms with Crippen LogP contribution in [0.25, 0.3) is 11.0 Å². The van der Waals surface area contributed by atoms with Crippen molar-refractivity contribution >= 4 is 28.6 Å². The average Bonchev–Trinajstić information content (AvgIpc) is 3.24. The number of unbranched alkanes of at least 4 members (excludes halogenated alkanes) is 1. The number of carbonyl (C=O) groups is 2. The number of imidazole rings is 1. The van der Waals surface area contributed by atoms with Gasteiger partial charge < -0.3 is 25.0 Å². The summed E-state index contributed by atoms with van der Waals surface area (Å²) in [6, 6.07) is 19.8. The SMILES string of the molecule is CCCCc1nc2c(N)cc(C(=O)N(C)C)cc2n1Cc1ccc(OC(C(=O)O)c2ccccc2)cc1. The van der Waals surface area contributed by atoms with Gasteiger partial charge in [-0.1, -0.05) is 55.8 Å². The summed E-state index contributed by atoms with van der Waals surface area (Å²) in [4.78, 5) is 30.8. The summed E-state index contributed by atoms with van der Waals surface area (Å²) in [7, 11) is 3.42. The third kappa shape index (κ3) is 5.74. The van der Waals surface area contributed by atoms with E-state index in [1.165, 1.54) is 4.90 Å². The van der Waals surface area contributed by atoms with Gasteiger partial charge in [0, 0.05) is 38.2 Å². The minimum Gasteiger partial charge on any atom is -0.478 e. The van der Waals surface area contributed by atoms with Crippen molar-refractivity contribution in [2.24, 2.45) is 0 Å². The highest BCUT2D eigenvalue weighted by molar-refractivity contribution is 6.01.